The molecule has 0 aliphatic rings. The first-order valence-corrected chi connectivity index (χ1v) is 11.9. The van der Waals surface area contributed by atoms with Crippen molar-refractivity contribution in [1.29, 1.82) is 0 Å². The van der Waals surface area contributed by atoms with E-state index in [9.17, 15) is 10.1 Å². The third-order valence-corrected chi connectivity index (χ3v) is 8.52. The van der Waals surface area contributed by atoms with Crippen molar-refractivity contribution < 1.29 is 9.49 Å². The Balaban J connectivity index is 1.92. The van der Waals surface area contributed by atoms with Crippen molar-refractivity contribution in [2.75, 3.05) is 5.32 Å². The Labute approximate surface area is 186 Å². The molecule has 7 heteroatoms. The van der Waals surface area contributed by atoms with Gasteiger partial charge in [-0.15, -0.1) is 0 Å². The number of aryl methyl sites for hydroxylation is 1. The second-order valence-electron chi connectivity index (χ2n) is 7.39. The number of pyridine rings is 1. The maximum Gasteiger partial charge on any atom is 0.269 e. The lowest BCUT2D eigenvalue weighted by Crippen LogP contribution is -2.26. The summed E-state index contributed by atoms with van der Waals surface area (Å²) in [5.41, 5.74) is 1.48. The molecule has 0 unspecified atom stereocenters. The first-order valence-electron chi connectivity index (χ1n) is 10.1. The van der Waals surface area contributed by atoms with Crippen molar-refractivity contribution in [2.24, 2.45) is 0 Å². The predicted octanol–water partition coefficient (Wildman–Crippen LogP) is 5.42. The molecule has 1 heterocycles. The zero-order valence-electron chi connectivity index (χ0n) is 17.5. The molecular weight excluding hydrogens is 421 g/mol. The molecule has 0 spiro atoms. The van der Waals surface area contributed by atoms with Gasteiger partial charge in [0.05, 0.1) is 4.92 Å². The highest BCUT2D eigenvalue weighted by molar-refractivity contribution is 7.79. The van der Waals surface area contributed by atoms with Crippen molar-refractivity contribution >= 4 is 29.3 Å². The summed E-state index contributed by atoms with van der Waals surface area (Å²) in [4.78, 5) is 15.3. The monoisotopic (exact) mass is 443 g/mol. The van der Waals surface area contributed by atoms with Gasteiger partial charge in [-0.05, 0) is 36.8 Å². The molecule has 4 aromatic rings. The average molecular weight is 443 g/mol. The fourth-order valence-corrected chi connectivity index (χ4v) is 6.70. The highest BCUT2D eigenvalue weighted by atomic mass is 31.2. The van der Waals surface area contributed by atoms with Crippen LogP contribution in [0.2, 0.25) is 0 Å². The lowest BCUT2D eigenvalue weighted by molar-refractivity contribution is -0.384. The third-order valence-electron chi connectivity index (χ3n) is 5.24. The van der Waals surface area contributed by atoms with Crippen LogP contribution in [0.1, 0.15) is 17.0 Å². The van der Waals surface area contributed by atoms with Crippen molar-refractivity contribution in [2.45, 2.75) is 12.7 Å². The molecule has 6 nitrogen and oxygen atoms in total. The largest absolute Gasteiger partial charge is 0.356 e. The van der Waals surface area contributed by atoms with Gasteiger partial charge in [0.2, 0.25) is 0 Å². The SMILES string of the molecule is Cc1cccc(N[C@H](c2ccc([N+](=O)[O-])cc2)P(=O)(c2ccccc2)c2ccccc2)n1. The van der Waals surface area contributed by atoms with Crippen LogP contribution in [-0.4, -0.2) is 9.91 Å². The number of non-ortho nitro benzene ring substituents is 1. The molecule has 160 valence electrons. The van der Waals surface area contributed by atoms with Crippen molar-refractivity contribution in [3.8, 4) is 0 Å². The second kappa shape index (κ2) is 9.16. The van der Waals surface area contributed by atoms with E-state index in [2.05, 4.69) is 10.3 Å². The van der Waals surface area contributed by atoms with Gasteiger partial charge in [0.15, 0.2) is 7.14 Å². The van der Waals surface area contributed by atoms with Crippen LogP contribution in [0.5, 0.6) is 0 Å². The molecule has 0 fully saturated rings. The lowest BCUT2D eigenvalue weighted by Gasteiger charge is -2.30. The minimum atomic E-state index is -3.30. The highest BCUT2D eigenvalue weighted by Crippen LogP contribution is 2.57. The van der Waals surface area contributed by atoms with E-state index >= 15 is 4.57 Å². The van der Waals surface area contributed by atoms with Gasteiger partial charge in [-0.1, -0.05) is 66.7 Å². The van der Waals surface area contributed by atoms with Gasteiger partial charge >= 0.3 is 0 Å². The smallest absolute Gasteiger partial charge is 0.269 e. The Morgan fingerprint density at radius 1 is 0.812 bits per heavy atom. The maximum absolute atomic E-state index is 15.0. The molecule has 0 amide bonds. The Morgan fingerprint density at radius 3 is 1.88 bits per heavy atom. The molecular formula is C25H22N3O3P. The van der Waals surface area contributed by atoms with Crippen LogP contribution in [0.15, 0.2) is 103 Å². The summed E-state index contributed by atoms with van der Waals surface area (Å²) in [6.45, 7) is 1.89. The number of rotatable bonds is 7. The number of nitro groups is 1. The number of hydrogen-bond acceptors (Lipinski definition) is 5. The number of aromatic nitrogens is 1. The van der Waals surface area contributed by atoms with Crippen LogP contribution < -0.4 is 15.9 Å². The number of nitrogens with zero attached hydrogens (tertiary/aromatic N) is 2. The highest BCUT2D eigenvalue weighted by Gasteiger charge is 2.38. The molecule has 1 N–H and O–H groups in total. The summed E-state index contributed by atoms with van der Waals surface area (Å²) in [6, 6.07) is 30.4. The zero-order valence-corrected chi connectivity index (χ0v) is 18.4. The summed E-state index contributed by atoms with van der Waals surface area (Å²) in [5, 5.41) is 15.9. The number of nitro benzene ring substituents is 1. The van der Waals surface area contributed by atoms with Crippen molar-refractivity contribution in [1.82, 2.24) is 4.98 Å². The summed E-state index contributed by atoms with van der Waals surface area (Å²) in [6.07, 6.45) is 0. The quantitative estimate of drug-likeness (QED) is 0.234. The molecule has 4 rings (SSSR count). The van der Waals surface area contributed by atoms with Crippen LogP contribution in [0, 0.1) is 17.0 Å². The second-order valence-corrected chi connectivity index (χ2v) is 10.3. The van der Waals surface area contributed by atoms with E-state index in [1.165, 1.54) is 12.1 Å². The van der Waals surface area contributed by atoms with E-state index in [1.54, 1.807) is 12.1 Å². The van der Waals surface area contributed by atoms with Gasteiger partial charge in [-0.3, -0.25) is 10.1 Å². The number of anilines is 1. The summed E-state index contributed by atoms with van der Waals surface area (Å²) in [7, 11) is -3.30. The topological polar surface area (TPSA) is 85.1 Å². The van der Waals surface area contributed by atoms with E-state index in [0.29, 0.717) is 22.0 Å². The Morgan fingerprint density at radius 2 is 1.38 bits per heavy atom. The molecule has 0 bridgehead atoms. The van der Waals surface area contributed by atoms with Gasteiger partial charge < -0.3 is 9.88 Å². The van der Waals surface area contributed by atoms with Crippen LogP contribution in [0.3, 0.4) is 0 Å². The van der Waals surface area contributed by atoms with Gasteiger partial charge in [0.25, 0.3) is 5.69 Å². The fourth-order valence-electron chi connectivity index (χ4n) is 3.67. The number of nitrogens with one attached hydrogen (secondary N) is 1. The Kier molecular flexibility index (Phi) is 6.15. The number of benzene rings is 3. The Bertz CT molecular complexity index is 1220. The van der Waals surface area contributed by atoms with Crippen molar-refractivity contribution in [3.63, 3.8) is 0 Å². The van der Waals surface area contributed by atoms with Crippen LogP contribution in [0.25, 0.3) is 0 Å². The van der Waals surface area contributed by atoms with Crippen molar-refractivity contribution in [3.05, 3.63) is 124 Å². The first kappa shape index (κ1) is 21.5. The van der Waals surface area contributed by atoms with Crippen LogP contribution >= 0.6 is 7.14 Å². The van der Waals surface area contributed by atoms with E-state index in [0.717, 1.165) is 5.69 Å². The number of hydrogen-bond donors (Lipinski definition) is 1. The zero-order chi connectivity index (χ0) is 22.6. The van der Waals surface area contributed by atoms with E-state index in [-0.39, 0.29) is 5.69 Å². The van der Waals surface area contributed by atoms with Gasteiger partial charge in [0.1, 0.15) is 11.6 Å². The minimum Gasteiger partial charge on any atom is -0.356 e. The molecule has 0 saturated heterocycles. The van der Waals surface area contributed by atoms with E-state index in [1.807, 2.05) is 85.8 Å². The average Bonchev–Trinajstić information content (AvgIpc) is 2.83. The van der Waals surface area contributed by atoms with Gasteiger partial charge in [-0.2, -0.15) is 0 Å². The Hall–Kier alpha value is -3.76. The van der Waals surface area contributed by atoms with E-state index < -0.39 is 17.8 Å². The third kappa shape index (κ3) is 4.32. The molecule has 0 radical (unpaired) electrons. The van der Waals surface area contributed by atoms with Gasteiger partial charge in [-0.25, -0.2) is 4.98 Å². The summed E-state index contributed by atoms with van der Waals surface area (Å²) < 4.78 is 15.0. The molecule has 3 aromatic carbocycles. The van der Waals surface area contributed by atoms with Crippen LogP contribution in [-0.2, 0) is 4.57 Å². The molecule has 1 atom stereocenters. The minimum absolute atomic E-state index is 0.0181. The summed E-state index contributed by atoms with van der Waals surface area (Å²) in [5.74, 6) is -0.0946. The lowest BCUT2D eigenvalue weighted by atomic mass is 10.2. The molecule has 1 aromatic heterocycles. The molecule has 0 aliphatic heterocycles. The maximum atomic E-state index is 15.0. The predicted molar refractivity (Wildman–Crippen MR) is 128 cm³/mol. The van der Waals surface area contributed by atoms with Gasteiger partial charge in [0, 0.05) is 28.4 Å². The summed E-state index contributed by atoms with van der Waals surface area (Å²) >= 11 is 0. The molecule has 0 aliphatic carbocycles. The fraction of sp³-hybridized carbons (Fsp3) is 0.0800. The van der Waals surface area contributed by atoms with Crippen LogP contribution in [0.4, 0.5) is 11.5 Å². The molecule has 32 heavy (non-hydrogen) atoms. The van der Waals surface area contributed by atoms with E-state index in [4.69, 9.17) is 0 Å². The molecule has 0 saturated carbocycles. The normalized spacial score (nSPS) is 12.2. The first-order chi connectivity index (χ1) is 15.5. The standard InChI is InChI=1S/C25H22N3O3P/c1-19-9-8-14-24(26-19)27-25(20-15-17-21(18-16-20)28(29)30)32(31,22-10-4-2-5-11-22)23-12-6-3-7-13-23/h2-18,25H,1H3,(H,26,27)/t25-/m0/s1.